The summed E-state index contributed by atoms with van der Waals surface area (Å²) >= 11 is 1.61. The van der Waals surface area contributed by atoms with Crippen LogP contribution in [0, 0.1) is 0 Å². The van der Waals surface area contributed by atoms with E-state index in [-0.39, 0.29) is 56.9 Å². The standard InChI is InChI=1S/C15H13NO2S.K/c1-16(2)10-4-6-12-11-5-3-9(15(17)18)7-13(11)19-14(12)8-10;/h3-8H,1-2H3,(H,17,18);/q;+1/p-1. The smallest absolute Gasteiger partial charge is 0.545 e. The summed E-state index contributed by atoms with van der Waals surface area (Å²) < 4.78 is 2.14. The van der Waals surface area contributed by atoms with E-state index in [4.69, 9.17) is 0 Å². The molecule has 0 aliphatic heterocycles. The third kappa shape index (κ3) is 2.79. The Kier molecular flexibility index (Phi) is 4.89. The third-order valence-electron chi connectivity index (χ3n) is 3.21. The third-order valence-corrected chi connectivity index (χ3v) is 4.32. The van der Waals surface area contributed by atoms with E-state index >= 15 is 0 Å². The molecule has 3 aromatic rings. The van der Waals surface area contributed by atoms with E-state index in [2.05, 4.69) is 23.1 Å². The van der Waals surface area contributed by atoms with Gasteiger partial charge in [-0.25, -0.2) is 0 Å². The molecule has 0 radical (unpaired) electrons. The van der Waals surface area contributed by atoms with E-state index in [1.807, 2.05) is 20.2 Å². The molecule has 96 valence electrons. The van der Waals surface area contributed by atoms with Crippen molar-refractivity contribution in [3.63, 3.8) is 0 Å². The molecule has 0 bridgehead atoms. The first-order valence-corrected chi connectivity index (χ1v) is 6.73. The Bertz CT molecular complexity index is 795. The molecule has 0 saturated carbocycles. The Morgan fingerprint density at radius 3 is 2.25 bits per heavy atom. The van der Waals surface area contributed by atoms with Crippen LogP contribution in [0.2, 0.25) is 0 Å². The number of nitrogens with zero attached hydrogens (tertiary/aromatic N) is 1. The van der Waals surface area contributed by atoms with E-state index < -0.39 is 5.97 Å². The van der Waals surface area contributed by atoms with Crippen molar-refractivity contribution in [1.29, 1.82) is 0 Å². The first-order valence-electron chi connectivity index (χ1n) is 5.91. The summed E-state index contributed by atoms with van der Waals surface area (Å²) in [4.78, 5) is 12.9. The van der Waals surface area contributed by atoms with E-state index in [0.29, 0.717) is 0 Å². The number of aromatic carboxylic acids is 1. The van der Waals surface area contributed by atoms with Crippen LogP contribution in [0.1, 0.15) is 10.4 Å². The molecule has 0 aliphatic rings. The van der Waals surface area contributed by atoms with Gasteiger partial charge in [0.1, 0.15) is 0 Å². The molecule has 20 heavy (non-hydrogen) atoms. The van der Waals surface area contributed by atoms with Crippen molar-refractivity contribution in [2.45, 2.75) is 0 Å². The fraction of sp³-hybridized carbons (Fsp3) is 0.133. The molecule has 1 aromatic heterocycles. The number of carbonyl (C=O) groups is 1. The average Bonchev–Trinajstić information content (AvgIpc) is 2.74. The molecule has 0 unspecified atom stereocenters. The minimum Gasteiger partial charge on any atom is -0.545 e. The van der Waals surface area contributed by atoms with Crippen LogP contribution in [-0.4, -0.2) is 20.1 Å². The zero-order valence-corrected chi connectivity index (χ0v) is 15.6. The maximum Gasteiger partial charge on any atom is 1.00 e. The first-order chi connectivity index (χ1) is 9.06. The Morgan fingerprint density at radius 2 is 1.65 bits per heavy atom. The Morgan fingerprint density at radius 1 is 1.05 bits per heavy atom. The number of carbonyl (C=O) groups excluding carboxylic acids is 1. The van der Waals surface area contributed by atoms with E-state index in [1.165, 1.54) is 0 Å². The van der Waals surface area contributed by atoms with Gasteiger partial charge in [0.15, 0.2) is 0 Å². The summed E-state index contributed by atoms with van der Waals surface area (Å²) in [6.07, 6.45) is 0. The van der Waals surface area contributed by atoms with Gasteiger partial charge in [0.2, 0.25) is 0 Å². The zero-order valence-electron chi connectivity index (χ0n) is 11.6. The van der Waals surface area contributed by atoms with Gasteiger partial charge in [-0.2, -0.15) is 0 Å². The maximum absolute atomic E-state index is 10.9. The van der Waals surface area contributed by atoms with Crippen LogP contribution in [-0.2, 0) is 0 Å². The monoisotopic (exact) mass is 309 g/mol. The van der Waals surface area contributed by atoms with Crippen LogP contribution in [0.4, 0.5) is 5.69 Å². The first kappa shape index (κ1) is 15.9. The fourth-order valence-electron chi connectivity index (χ4n) is 2.17. The number of fused-ring (bicyclic) bond motifs is 3. The zero-order chi connectivity index (χ0) is 13.6. The second kappa shape index (κ2) is 6.13. The predicted molar refractivity (Wildman–Crippen MR) is 78.0 cm³/mol. The van der Waals surface area contributed by atoms with Gasteiger partial charge in [0.05, 0.1) is 5.97 Å². The molecule has 0 N–H and O–H groups in total. The number of benzene rings is 2. The number of carboxylic acid groups (broad SMARTS) is 1. The van der Waals surface area contributed by atoms with Crippen molar-refractivity contribution in [3.05, 3.63) is 42.0 Å². The molecule has 3 nitrogen and oxygen atoms in total. The van der Waals surface area contributed by atoms with E-state index in [0.717, 1.165) is 25.9 Å². The molecule has 0 amide bonds. The Balaban J connectivity index is 0.00000147. The van der Waals surface area contributed by atoms with Gasteiger partial charge < -0.3 is 14.8 Å². The van der Waals surface area contributed by atoms with Crippen molar-refractivity contribution in [3.8, 4) is 0 Å². The molecule has 0 spiro atoms. The molecule has 0 atom stereocenters. The quantitative estimate of drug-likeness (QED) is 0.599. The van der Waals surface area contributed by atoms with Crippen molar-refractivity contribution in [1.82, 2.24) is 0 Å². The van der Waals surface area contributed by atoms with Crippen molar-refractivity contribution in [2.24, 2.45) is 0 Å². The van der Waals surface area contributed by atoms with Crippen LogP contribution < -0.4 is 61.4 Å². The summed E-state index contributed by atoms with van der Waals surface area (Å²) in [7, 11) is 4.01. The molecule has 0 saturated heterocycles. The van der Waals surface area contributed by atoms with Gasteiger partial charge in [-0.1, -0.05) is 18.2 Å². The van der Waals surface area contributed by atoms with Gasteiger partial charge >= 0.3 is 51.4 Å². The van der Waals surface area contributed by atoms with Gasteiger partial charge in [0, 0.05) is 40.0 Å². The Labute approximate surface area is 163 Å². The molecule has 1 heterocycles. The number of rotatable bonds is 2. The molecule has 0 fully saturated rings. The van der Waals surface area contributed by atoms with Crippen molar-refractivity contribution < 1.29 is 61.3 Å². The largest absolute Gasteiger partial charge is 1.00 e. The second-order valence-corrected chi connectivity index (χ2v) is 5.76. The van der Waals surface area contributed by atoms with Crippen molar-refractivity contribution >= 4 is 43.2 Å². The van der Waals surface area contributed by atoms with Crippen LogP contribution in [0.3, 0.4) is 0 Å². The minimum absolute atomic E-state index is 0. The number of thiophene rings is 1. The number of carboxylic acids is 1. The summed E-state index contributed by atoms with van der Waals surface area (Å²) in [6.45, 7) is 0. The summed E-state index contributed by atoms with van der Waals surface area (Å²) in [5, 5.41) is 13.1. The van der Waals surface area contributed by atoms with Crippen LogP contribution in [0.15, 0.2) is 36.4 Å². The molecule has 2 aromatic carbocycles. The summed E-state index contributed by atoms with van der Waals surface area (Å²) in [5.74, 6) is -1.13. The van der Waals surface area contributed by atoms with Crippen LogP contribution in [0.5, 0.6) is 0 Å². The molecule has 3 rings (SSSR count). The average molecular weight is 309 g/mol. The van der Waals surface area contributed by atoms with Crippen LogP contribution in [0.25, 0.3) is 20.2 Å². The number of hydrogen-bond donors (Lipinski definition) is 0. The SMILES string of the molecule is CN(C)c1ccc2c(c1)sc1cc(C(=O)[O-])ccc12.[K+]. The van der Waals surface area contributed by atoms with Gasteiger partial charge in [0.25, 0.3) is 0 Å². The van der Waals surface area contributed by atoms with E-state index in [9.17, 15) is 9.90 Å². The second-order valence-electron chi connectivity index (χ2n) is 4.68. The summed E-state index contributed by atoms with van der Waals surface area (Å²) in [5.41, 5.74) is 1.37. The molecule has 5 heteroatoms. The van der Waals surface area contributed by atoms with Gasteiger partial charge in [-0.05, 0) is 23.8 Å². The van der Waals surface area contributed by atoms with Gasteiger partial charge in [-0.15, -0.1) is 11.3 Å². The molecular weight excluding hydrogens is 297 g/mol. The molecular formula is C15H12KNO2S. The fourth-order valence-corrected chi connectivity index (χ4v) is 3.35. The van der Waals surface area contributed by atoms with Gasteiger partial charge in [-0.3, -0.25) is 0 Å². The summed E-state index contributed by atoms with van der Waals surface area (Å²) in [6, 6.07) is 11.4. The topological polar surface area (TPSA) is 43.4 Å². The van der Waals surface area contributed by atoms with E-state index in [1.54, 1.807) is 23.5 Å². The minimum atomic E-state index is -1.13. The predicted octanol–water partition coefficient (Wildman–Crippen LogP) is -0.512. The van der Waals surface area contributed by atoms with Crippen LogP contribution >= 0.6 is 11.3 Å². The molecule has 0 aliphatic carbocycles. The maximum atomic E-state index is 10.9. The van der Waals surface area contributed by atoms with Crippen molar-refractivity contribution in [2.75, 3.05) is 19.0 Å². The number of anilines is 1. The number of hydrogen-bond acceptors (Lipinski definition) is 4. The normalized spacial score (nSPS) is 10.5. The Hall–Kier alpha value is -0.434.